The number of carbonyl (C=O) groups is 2. The molecule has 2 aliphatic rings. The van der Waals surface area contributed by atoms with Gasteiger partial charge in [-0.05, 0) is 60.4 Å². The van der Waals surface area contributed by atoms with Crippen molar-refractivity contribution < 1.29 is 14.3 Å². The van der Waals surface area contributed by atoms with Crippen LogP contribution in [0.3, 0.4) is 0 Å². The third kappa shape index (κ3) is 5.95. The molecule has 33 heavy (non-hydrogen) atoms. The normalized spacial score (nSPS) is 20.7. The van der Waals surface area contributed by atoms with E-state index in [4.69, 9.17) is 4.74 Å². The summed E-state index contributed by atoms with van der Waals surface area (Å²) in [5.41, 5.74) is 3.58. The van der Waals surface area contributed by atoms with Crippen LogP contribution in [0.1, 0.15) is 55.2 Å². The molecule has 5 heteroatoms. The van der Waals surface area contributed by atoms with Crippen molar-refractivity contribution in [2.24, 2.45) is 5.92 Å². The van der Waals surface area contributed by atoms with Gasteiger partial charge in [-0.25, -0.2) is 4.79 Å². The number of methoxy groups -OCH3 is 1. The van der Waals surface area contributed by atoms with Gasteiger partial charge in [-0.2, -0.15) is 0 Å². The molecule has 2 aromatic rings. The van der Waals surface area contributed by atoms with Gasteiger partial charge in [-0.1, -0.05) is 43.3 Å². The van der Waals surface area contributed by atoms with E-state index in [9.17, 15) is 9.59 Å². The molecule has 2 amide bonds. The lowest BCUT2D eigenvalue weighted by Gasteiger charge is -2.39. The van der Waals surface area contributed by atoms with Gasteiger partial charge in [0.05, 0.1) is 7.11 Å². The minimum Gasteiger partial charge on any atom is -0.497 e. The SMILES string of the molecule is CCc1ccc(C2CC(CC(=O)Cc3cccc(OC)c3)CN(C(=O)N3CCCC3)C2)cc1. The molecule has 176 valence electrons. The summed E-state index contributed by atoms with van der Waals surface area (Å²) >= 11 is 0. The Kier molecular flexibility index (Phi) is 7.69. The molecule has 2 heterocycles. The van der Waals surface area contributed by atoms with Gasteiger partial charge in [-0.3, -0.25) is 4.79 Å². The Morgan fingerprint density at radius 2 is 1.73 bits per heavy atom. The van der Waals surface area contributed by atoms with Crippen LogP contribution < -0.4 is 4.74 Å². The molecule has 2 aliphatic heterocycles. The summed E-state index contributed by atoms with van der Waals surface area (Å²) in [5, 5.41) is 0. The molecule has 0 aliphatic carbocycles. The van der Waals surface area contributed by atoms with Gasteiger partial charge in [0.2, 0.25) is 0 Å². The quantitative estimate of drug-likeness (QED) is 0.593. The first kappa shape index (κ1) is 23.3. The van der Waals surface area contributed by atoms with Gasteiger partial charge in [-0.15, -0.1) is 0 Å². The fourth-order valence-electron chi connectivity index (χ4n) is 5.29. The monoisotopic (exact) mass is 448 g/mol. The van der Waals surface area contributed by atoms with E-state index in [1.807, 2.05) is 34.1 Å². The van der Waals surface area contributed by atoms with Crippen LogP contribution in [-0.2, 0) is 17.6 Å². The maximum Gasteiger partial charge on any atom is 0.320 e. The van der Waals surface area contributed by atoms with Gasteiger partial charge in [0, 0.05) is 44.9 Å². The smallest absolute Gasteiger partial charge is 0.320 e. The predicted molar refractivity (Wildman–Crippen MR) is 131 cm³/mol. The van der Waals surface area contributed by atoms with Crippen LogP contribution in [-0.4, -0.2) is 54.9 Å². The van der Waals surface area contributed by atoms with Crippen LogP contribution in [0.2, 0.25) is 0 Å². The number of aryl methyl sites for hydroxylation is 1. The average molecular weight is 449 g/mol. The van der Waals surface area contributed by atoms with Crippen molar-refractivity contribution >= 4 is 11.8 Å². The zero-order valence-corrected chi connectivity index (χ0v) is 20.0. The minimum absolute atomic E-state index is 0.146. The number of carbonyl (C=O) groups excluding carboxylic acids is 2. The number of rotatable bonds is 7. The summed E-state index contributed by atoms with van der Waals surface area (Å²) in [7, 11) is 1.64. The van der Waals surface area contributed by atoms with Crippen molar-refractivity contribution in [1.29, 1.82) is 0 Å². The Morgan fingerprint density at radius 1 is 0.970 bits per heavy atom. The highest BCUT2D eigenvalue weighted by Gasteiger charge is 2.34. The maximum atomic E-state index is 13.2. The van der Waals surface area contributed by atoms with Crippen molar-refractivity contribution in [3.05, 3.63) is 65.2 Å². The summed E-state index contributed by atoms with van der Waals surface area (Å²) in [6.45, 7) is 5.27. The fourth-order valence-corrected chi connectivity index (χ4v) is 5.29. The highest BCUT2D eigenvalue weighted by Crippen LogP contribution is 2.33. The largest absolute Gasteiger partial charge is 0.497 e. The summed E-state index contributed by atoms with van der Waals surface area (Å²) < 4.78 is 5.29. The second-order valence-corrected chi connectivity index (χ2v) is 9.55. The van der Waals surface area contributed by atoms with Crippen molar-refractivity contribution in [3.8, 4) is 5.75 Å². The molecule has 4 rings (SSSR count). The molecular weight excluding hydrogens is 412 g/mol. The van der Waals surface area contributed by atoms with E-state index in [0.717, 1.165) is 56.6 Å². The second-order valence-electron chi connectivity index (χ2n) is 9.55. The lowest BCUT2D eigenvalue weighted by atomic mass is 9.81. The van der Waals surface area contributed by atoms with E-state index in [2.05, 4.69) is 31.2 Å². The molecule has 0 spiro atoms. The van der Waals surface area contributed by atoms with Crippen LogP contribution in [0.5, 0.6) is 5.75 Å². The van der Waals surface area contributed by atoms with E-state index in [-0.39, 0.29) is 23.7 Å². The molecule has 2 unspecified atom stereocenters. The second kappa shape index (κ2) is 10.9. The maximum absolute atomic E-state index is 13.2. The number of amides is 2. The molecule has 5 nitrogen and oxygen atoms in total. The summed E-state index contributed by atoms with van der Waals surface area (Å²) in [5.74, 6) is 1.45. The molecule has 0 radical (unpaired) electrons. The van der Waals surface area contributed by atoms with Gasteiger partial charge in [0.15, 0.2) is 0 Å². The molecule has 2 atom stereocenters. The number of likely N-dealkylation sites (tertiary alicyclic amines) is 2. The molecule has 2 saturated heterocycles. The lowest BCUT2D eigenvalue weighted by molar-refractivity contribution is -0.119. The molecule has 2 fully saturated rings. The number of urea groups is 1. The van der Waals surface area contributed by atoms with Crippen LogP contribution in [0.15, 0.2) is 48.5 Å². The molecule has 2 aromatic carbocycles. The number of hydrogen-bond donors (Lipinski definition) is 0. The van der Waals surface area contributed by atoms with Crippen molar-refractivity contribution in [2.45, 2.75) is 51.4 Å². The number of ether oxygens (including phenoxy) is 1. The zero-order chi connectivity index (χ0) is 23.2. The third-order valence-electron chi connectivity index (χ3n) is 7.10. The number of ketones is 1. The van der Waals surface area contributed by atoms with Crippen molar-refractivity contribution in [2.75, 3.05) is 33.3 Å². The van der Waals surface area contributed by atoms with Crippen molar-refractivity contribution in [3.63, 3.8) is 0 Å². The Morgan fingerprint density at radius 3 is 2.42 bits per heavy atom. The molecule has 0 N–H and O–H groups in total. The average Bonchev–Trinajstić information content (AvgIpc) is 3.38. The third-order valence-corrected chi connectivity index (χ3v) is 7.10. The zero-order valence-electron chi connectivity index (χ0n) is 20.0. The molecular formula is C28H36N2O3. The first-order valence-electron chi connectivity index (χ1n) is 12.3. The highest BCUT2D eigenvalue weighted by atomic mass is 16.5. The first-order chi connectivity index (χ1) is 16.1. The number of piperidine rings is 1. The molecule has 0 bridgehead atoms. The van der Waals surface area contributed by atoms with Gasteiger partial charge < -0.3 is 14.5 Å². The minimum atomic E-state index is 0.146. The van der Waals surface area contributed by atoms with E-state index in [1.165, 1.54) is 11.1 Å². The van der Waals surface area contributed by atoms with Gasteiger partial charge >= 0.3 is 6.03 Å². The highest BCUT2D eigenvalue weighted by molar-refractivity contribution is 5.81. The predicted octanol–water partition coefficient (Wildman–Crippen LogP) is 5.08. The Bertz CT molecular complexity index is 950. The van der Waals surface area contributed by atoms with E-state index >= 15 is 0 Å². The number of benzene rings is 2. The van der Waals surface area contributed by atoms with E-state index < -0.39 is 0 Å². The number of hydrogen-bond acceptors (Lipinski definition) is 3. The van der Waals surface area contributed by atoms with Gasteiger partial charge in [0.1, 0.15) is 11.5 Å². The molecule has 0 aromatic heterocycles. The summed E-state index contributed by atoms with van der Waals surface area (Å²) in [6, 6.07) is 16.7. The Labute approximate surface area is 197 Å². The Balaban J connectivity index is 1.47. The van der Waals surface area contributed by atoms with Crippen molar-refractivity contribution in [1.82, 2.24) is 9.80 Å². The topological polar surface area (TPSA) is 49.9 Å². The number of nitrogens with zero attached hydrogens (tertiary/aromatic N) is 2. The summed E-state index contributed by atoms with van der Waals surface area (Å²) in [4.78, 5) is 30.2. The first-order valence-corrected chi connectivity index (χ1v) is 12.3. The van der Waals surface area contributed by atoms with Gasteiger partial charge in [0.25, 0.3) is 0 Å². The van der Waals surface area contributed by atoms with Crippen LogP contribution in [0.25, 0.3) is 0 Å². The fraction of sp³-hybridized carbons (Fsp3) is 0.500. The standard InChI is InChI=1S/C28H36N2O3/c1-3-21-9-11-24(12-10-21)25-15-23(19-30(20-25)28(32)29-13-4-5-14-29)17-26(31)16-22-7-6-8-27(18-22)33-2/h6-12,18,23,25H,3-5,13-17,19-20H2,1-2H3. The van der Waals surface area contributed by atoms with E-state index in [0.29, 0.717) is 19.4 Å². The van der Waals surface area contributed by atoms with Crippen LogP contribution in [0, 0.1) is 5.92 Å². The molecule has 0 saturated carbocycles. The summed E-state index contributed by atoms with van der Waals surface area (Å²) in [6.07, 6.45) is 5.05. The lowest BCUT2D eigenvalue weighted by Crippen LogP contribution is -2.49. The van der Waals surface area contributed by atoms with Crippen LogP contribution in [0.4, 0.5) is 4.79 Å². The van der Waals surface area contributed by atoms with E-state index in [1.54, 1.807) is 7.11 Å². The Hall–Kier alpha value is -2.82. The van der Waals surface area contributed by atoms with Crippen LogP contribution >= 0.6 is 0 Å². The number of Topliss-reactive ketones (excluding diaryl/α,β-unsaturated/α-hetero) is 1.